The highest BCUT2D eigenvalue weighted by atomic mass is 19.4. The molecule has 3 aromatic rings. The largest absolute Gasteiger partial charge is 0.478 e. The first-order chi connectivity index (χ1) is 16.8. The molecule has 0 saturated carbocycles. The standard InChI is InChI=1S/C21H23F6N7O2/c1-4-34(19(35)31-16(21(25,26)27)5-6-20(22,23)24)12(2)13-9-14(32-29-10-13)15-11-33-8-7-28-17(33)18(30-15)36-3/h7-12,16H,4-6H2,1-3H3,(H,31,35). The first-order valence-corrected chi connectivity index (χ1v) is 10.7. The number of carbonyl (C=O) groups excluding carboxylic acids is 1. The summed E-state index contributed by atoms with van der Waals surface area (Å²) in [6, 6.07) is -3.05. The summed E-state index contributed by atoms with van der Waals surface area (Å²) in [6.45, 7) is 3.06. The summed E-state index contributed by atoms with van der Waals surface area (Å²) >= 11 is 0. The number of imidazole rings is 1. The first-order valence-electron chi connectivity index (χ1n) is 10.7. The molecule has 2 amide bonds. The molecule has 0 spiro atoms. The molecule has 3 aromatic heterocycles. The molecule has 0 aliphatic heterocycles. The van der Waals surface area contributed by atoms with Crippen LogP contribution in [0.3, 0.4) is 0 Å². The van der Waals surface area contributed by atoms with Crippen LogP contribution in [0.2, 0.25) is 0 Å². The van der Waals surface area contributed by atoms with Crippen molar-refractivity contribution in [3.8, 4) is 17.3 Å². The van der Waals surface area contributed by atoms with E-state index in [9.17, 15) is 31.1 Å². The highest BCUT2D eigenvalue weighted by molar-refractivity contribution is 5.75. The van der Waals surface area contributed by atoms with Crippen molar-refractivity contribution < 1.29 is 35.9 Å². The quantitative estimate of drug-likeness (QED) is 0.439. The van der Waals surface area contributed by atoms with Gasteiger partial charge in [0.2, 0.25) is 0 Å². The molecule has 0 fully saturated rings. The number of halogens is 6. The van der Waals surface area contributed by atoms with Crippen molar-refractivity contribution in [1.29, 1.82) is 0 Å². The Labute approximate surface area is 201 Å². The van der Waals surface area contributed by atoms with Crippen molar-refractivity contribution in [1.82, 2.24) is 34.8 Å². The summed E-state index contributed by atoms with van der Waals surface area (Å²) in [7, 11) is 1.42. The Morgan fingerprint density at radius 2 is 1.94 bits per heavy atom. The van der Waals surface area contributed by atoms with Crippen molar-refractivity contribution in [2.24, 2.45) is 0 Å². The summed E-state index contributed by atoms with van der Waals surface area (Å²) in [5.41, 5.74) is 1.54. The van der Waals surface area contributed by atoms with E-state index in [1.165, 1.54) is 20.2 Å². The molecule has 2 atom stereocenters. The van der Waals surface area contributed by atoms with Gasteiger partial charge < -0.3 is 19.4 Å². The van der Waals surface area contributed by atoms with E-state index in [-0.39, 0.29) is 12.4 Å². The molecular weight excluding hydrogens is 496 g/mol. The van der Waals surface area contributed by atoms with E-state index >= 15 is 0 Å². The minimum Gasteiger partial charge on any atom is -0.478 e. The van der Waals surface area contributed by atoms with Crippen LogP contribution in [-0.2, 0) is 0 Å². The summed E-state index contributed by atoms with van der Waals surface area (Å²) in [5.74, 6) is 0.226. The van der Waals surface area contributed by atoms with Crippen LogP contribution in [0.1, 0.15) is 38.3 Å². The van der Waals surface area contributed by atoms with E-state index in [4.69, 9.17) is 4.74 Å². The van der Waals surface area contributed by atoms with Crippen molar-refractivity contribution in [3.63, 3.8) is 0 Å². The van der Waals surface area contributed by atoms with E-state index in [1.54, 1.807) is 41.3 Å². The Hall–Kier alpha value is -3.65. The molecule has 0 aromatic carbocycles. The monoisotopic (exact) mass is 519 g/mol. The molecule has 15 heteroatoms. The Kier molecular flexibility index (Phi) is 7.89. The zero-order chi connectivity index (χ0) is 26.7. The number of amides is 2. The second kappa shape index (κ2) is 10.5. The minimum atomic E-state index is -5.05. The molecular formula is C21H23F6N7O2. The number of alkyl halides is 6. The third-order valence-electron chi connectivity index (χ3n) is 5.44. The van der Waals surface area contributed by atoms with Gasteiger partial charge >= 0.3 is 18.4 Å². The number of rotatable bonds is 8. The number of ether oxygens (including phenoxy) is 1. The van der Waals surface area contributed by atoms with Gasteiger partial charge in [0, 0.05) is 31.6 Å². The van der Waals surface area contributed by atoms with Crippen molar-refractivity contribution in [2.45, 2.75) is 51.1 Å². The molecule has 2 unspecified atom stereocenters. The smallest absolute Gasteiger partial charge is 0.408 e. The molecule has 3 rings (SSSR count). The van der Waals surface area contributed by atoms with Crippen LogP contribution in [0, 0.1) is 0 Å². The molecule has 0 aliphatic carbocycles. The molecule has 0 bridgehead atoms. The Bertz CT molecular complexity index is 1200. The topological polar surface area (TPSA) is 97.5 Å². The van der Waals surface area contributed by atoms with Crippen LogP contribution < -0.4 is 10.1 Å². The number of nitrogens with one attached hydrogen (secondary N) is 1. The average molecular weight is 519 g/mol. The van der Waals surface area contributed by atoms with E-state index in [0.717, 1.165) is 4.90 Å². The van der Waals surface area contributed by atoms with Gasteiger partial charge in [-0.2, -0.15) is 31.4 Å². The van der Waals surface area contributed by atoms with E-state index < -0.39 is 43.3 Å². The fraction of sp³-hybridized carbons (Fsp3) is 0.476. The molecule has 36 heavy (non-hydrogen) atoms. The van der Waals surface area contributed by atoms with Crippen LogP contribution >= 0.6 is 0 Å². The lowest BCUT2D eigenvalue weighted by atomic mass is 10.1. The van der Waals surface area contributed by atoms with Crippen LogP contribution in [0.25, 0.3) is 17.0 Å². The number of methoxy groups -OCH3 is 1. The summed E-state index contributed by atoms with van der Waals surface area (Å²) in [4.78, 5) is 22.2. The summed E-state index contributed by atoms with van der Waals surface area (Å²) in [6.07, 6.45) is -6.67. The molecule has 0 saturated heterocycles. The van der Waals surface area contributed by atoms with Gasteiger partial charge in [0.05, 0.1) is 19.3 Å². The predicted octanol–water partition coefficient (Wildman–Crippen LogP) is 4.56. The zero-order valence-corrected chi connectivity index (χ0v) is 19.4. The normalized spacial score (nSPS) is 13.9. The number of fused-ring (bicyclic) bond motifs is 1. The van der Waals surface area contributed by atoms with Gasteiger partial charge in [-0.15, -0.1) is 5.10 Å². The molecule has 0 radical (unpaired) electrons. The Morgan fingerprint density at radius 1 is 1.22 bits per heavy atom. The second-order valence-corrected chi connectivity index (χ2v) is 7.83. The van der Waals surface area contributed by atoms with Crippen molar-refractivity contribution in [2.75, 3.05) is 13.7 Å². The summed E-state index contributed by atoms with van der Waals surface area (Å²) < 4.78 is 84.3. The lowest BCUT2D eigenvalue weighted by molar-refractivity contribution is -0.171. The third-order valence-corrected chi connectivity index (χ3v) is 5.44. The number of carbonyl (C=O) groups is 1. The van der Waals surface area contributed by atoms with E-state index in [0.29, 0.717) is 22.6 Å². The van der Waals surface area contributed by atoms with Crippen LogP contribution in [0.4, 0.5) is 31.1 Å². The Balaban J connectivity index is 1.84. The minimum absolute atomic E-state index is 0.0262. The van der Waals surface area contributed by atoms with E-state index in [1.807, 2.05) is 0 Å². The molecule has 3 heterocycles. The van der Waals surface area contributed by atoms with Crippen LogP contribution in [0.15, 0.2) is 30.9 Å². The van der Waals surface area contributed by atoms with Gasteiger partial charge in [0.25, 0.3) is 5.88 Å². The number of hydrogen-bond acceptors (Lipinski definition) is 6. The number of urea groups is 1. The number of aromatic nitrogens is 5. The summed E-state index contributed by atoms with van der Waals surface area (Å²) in [5, 5.41) is 9.66. The molecule has 9 nitrogen and oxygen atoms in total. The maximum absolute atomic E-state index is 13.3. The van der Waals surface area contributed by atoms with Crippen molar-refractivity contribution in [3.05, 3.63) is 36.4 Å². The van der Waals surface area contributed by atoms with Crippen LogP contribution in [-0.4, -0.2) is 67.5 Å². The van der Waals surface area contributed by atoms with Crippen molar-refractivity contribution >= 4 is 11.7 Å². The maximum atomic E-state index is 13.3. The van der Waals surface area contributed by atoms with Gasteiger partial charge in [0.1, 0.15) is 17.4 Å². The zero-order valence-electron chi connectivity index (χ0n) is 19.4. The SMILES string of the molecule is CCN(C(=O)NC(CCC(F)(F)F)C(F)(F)F)C(C)c1cnnc(-c2cn3ccnc3c(OC)n2)c1. The first kappa shape index (κ1) is 26.9. The third kappa shape index (κ3) is 6.31. The average Bonchev–Trinajstić information content (AvgIpc) is 3.29. The van der Waals surface area contributed by atoms with Gasteiger partial charge in [-0.1, -0.05) is 0 Å². The van der Waals surface area contributed by atoms with E-state index in [2.05, 4.69) is 20.2 Å². The highest BCUT2D eigenvalue weighted by Gasteiger charge is 2.43. The van der Waals surface area contributed by atoms with Crippen LogP contribution in [0.5, 0.6) is 5.88 Å². The number of hydrogen-bond donors (Lipinski definition) is 1. The Morgan fingerprint density at radius 3 is 2.56 bits per heavy atom. The fourth-order valence-electron chi connectivity index (χ4n) is 3.53. The molecule has 196 valence electrons. The molecule has 1 N–H and O–H groups in total. The lowest BCUT2D eigenvalue weighted by Crippen LogP contribution is -2.51. The van der Waals surface area contributed by atoms with Gasteiger partial charge in [-0.3, -0.25) is 0 Å². The second-order valence-electron chi connectivity index (χ2n) is 7.83. The fourth-order valence-corrected chi connectivity index (χ4v) is 3.53. The van der Waals surface area contributed by atoms with Gasteiger partial charge in [-0.05, 0) is 31.9 Å². The van der Waals surface area contributed by atoms with Gasteiger partial charge in [0.15, 0.2) is 5.65 Å². The highest BCUT2D eigenvalue weighted by Crippen LogP contribution is 2.30. The van der Waals surface area contributed by atoms with Gasteiger partial charge in [-0.25, -0.2) is 14.8 Å². The maximum Gasteiger partial charge on any atom is 0.408 e. The number of nitrogens with zero attached hydrogens (tertiary/aromatic N) is 6. The predicted molar refractivity (Wildman–Crippen MR) is 115 cm³/mol. The lowest BCUT2D eigenvalue weighted by Gasteiger charge is -2.31. The molecule has 0 aliphatic rings.